The third-order valence-corrected chi connectivity index (χ3v) is 5.35. The minimum absolute atomic E-state index is 0. The number of aryl methyl sites for hydroxylation is 2. The molecule has 2 rings (SSSR count). The molecule has 0 spiro atoms. The van der Waals surface area contributed by atoms with Crippen LogP contribution >= 0.6 is 0 Å². The van der Waals surface area contributed by atoms with Gasteiger partial charge in [0.05, 0.1) is 17.1 Å². The quantitative estimate of drug-likeness (QED) is 0.138. The fourth-order valence-corrected chi connectivity index (χ4v) is 3.59. The van der Waals surface area contributed by atoms with E-state index in [1.807, 2.05) is 36.5 Å². The van der Waals surface area contributed by atoms with Crippen molar-refractivity contribution in [2.75, 3.05) is 0 Å². The van der Waals surface area contributed by atoms with Crippen molar-refractivity contribution in [2.45, 2.75) is 91.4 Å². The van der Waals surface area contributed by atoms with E-state index >= 15 is 0 Å². The minimum Gasteiger partial charge on any atom is -0.255 e. The molecule has 0 fully saturated rings. The number of para-hydroxylation sites is 1. The smallest absolute Gasteiger partial charge is 0.0639 e. The maximum absolute atomic E-state index is 5.06. The Labute approximate surface area is 204 Å². The molecule has 0 saturated carbocycles. The van der Waals surface area contributed by atoms with Crippen molar-refractivity contribution in [3.8, 4) is 0 Å². The molecule has 0 unspecified atom stereocenters. The molecule has 0 aliphatic heterocycles. The van der Waals surface area contributed by atoms with Gasteiger partial charge in [-0.05, 0) is 73.9 Å². The molecule has 0 radical (unpaired) electrons. The molecule has 2 aromatic rings. The maximum atomic E-state index is 5.06. The maximum Gasteiger partial charge on any atom is 0.0639 e. The van der Waals surface area contributed by atoms with E-state index in [2.05, 4.69) is 44.0 Å². The number of benzene rings is 2. The first-order valence-corrected chi connectivity index (χ1v) is 12.0. The Bertz CT molecular complexity index is 753. The first-order valence-electron chi connectivity index (χ1n) is 12.0. The molecule has 2 nitrogen and oxygen atoms in total. The van der Waals surface area contributed by atoms with Crippen molar-refractivity contribution >= 4 is 23.3 Å². The van der Waals surface area contributed by atoms with Crippen molar-refractivity contribution in [1.29, 1.82) is 0 Å². The Morgan fingerprint density at radius 3 is 1.84 bits per heavy atom. The van der Waals surface area contributed by atoms with E-state index in [1.165, 1.54) is 49.7 Å². The van der Waals surface area contributed by atoms with Gasteiger partial charge in [0.2, 0.25) is 0 Å². The van der Waals surface area contributed by atoms with Crippen molar-refractivity contribution in [1.82, 2.24) is 0 Å². The monoisotopic (exact) mass is 510 g/mol. The van der Waals surface area contributed by atoms with Gasteiger partial charge in [-0.3, -0.25) is 9.98 Å². The number of rotatable bonds is 14. The first-order chi connectivity index (χ1) is 14.7. The van der Waals surface area contributed by atoms with E-state index < -0.39 is 0 Å². The summed E-state index contributed by atoms with van der Waals surface area (Å²) in [7, 11) is 0. The van der Waals surface area contributed by atoms with Crippen LogP contribution in [0.3, 0.4) is 0 Å². The van der Waals surface area contributed by atoms with E-state index in [4.69, 9.17) is 4.99 Å². The van der Waals surface area contributed by atoms with Gasteiger partial charge in [0.25, 0.3) is 0 Å². The summed E-state index contributed by atoms with van der Waals surface area (Å²) in [5.41, 5.74) is 6.03. The van der Waals surface area contributed by atoms with Crippen LogP contribution in [-0.2, 0) is 33.3 Å². The third-order valence-electron chi connectivity index (χ3n) is 5.35. The molecule has 0 atom stereocenters. The molecular formula is C28H40N2Pd. The van der Waals surface area contributed by atoms with Crippen LogP contribution in [0.25, 0.3) is 0 Å². The van der Waals surface area contributed by atoms with Gasteiger partial charge < -0.3 is 0 Å². The van der Waals surface area contributed by atoms with E-state index in [0.717, 1.165) is 49.2 Å². The van der Waals surface area contributed by atoms with Crippen LogP contribution in [-0.4, -0.2) is 11.9 Å². The van der Waals surface area contributed by atoms with Gasteiger partial charge in [-0.1, -0.05) is 77.1 Å². The zero-order valence-corrected chi connectivity index (χ0v) is 21.2. The van der Waals surface area contributed by atoms with Gasteiger partial charge in [0.15, 0.2) is 0 Å². The number of hydrogen-bond donors (Lipinski definition) is 0. The van der Waals surface area contributed by atoms with Crippen molar-refractivity contribution in [3.63, 3.8) is 0 Å². The Hall–Kier alpha value is -1.56. The SMILES string of the molecule is CCCCCc1cc(CCCCC)cc(N=C(C=Nc2ccccc2)CCCC)c1.[Pd]. The van der Waals surface area contributed by atoms with Gasteiger partial charge >= 0.3 is 0 Å². The zero-order valence-electron chi connectivity index (χ0n) is 19.7. The molecule has 3 heteroatoms. The minimum atomic E-state index is 0. The molecule has 0 bridgehead atoms. The fraction of sp³-hybridized carbons (Fsp3) is 0.500. The molecule has 0 amide bonds. The van der Waals surface area contributed by atoms with Crippen LogP contribution in [0.2, 0.25) is 0 Å². The van der Waals surface area contributed by atoms with E-state index in [-0.39, 0.29) is 20.4 Å². The van der Waals surface area contributed by atoms with Gasteiger partial charge in [-0.2, -0.15) is 0 Å². The second kappa shape index (κ2) is 17.1. The Morgan fingerprint density at radius 2 is 1.29 bits per heavy atom. The van der Waals surface area contributed by atoms with Crippen LogP contribution in [0.4, 0.5) is 11.4 Å². The van der Waals surface area contributed by atoms with Gasteiger partial charge in [-0.15, -0.1) is 0 Å². The molecule has 0 aromatic heterocycles. The third kappa shape index (κ3) is 11.6. The molecule has 0 saturated heterocycles. The predicted octanol–water partition coefficient (Wildman–Crippen LogP) is 8.81. The molecule has 172 valence electrons. The Kier molecular flexibility index (Phi) is 15.1. The Balaban J connectivity index is 0.00000480. The fourth-order valence-electron chi connectivity index (χ4n) is 3.59. The number of aliphatic imine (C=N–C) groups is 2. The van der Waals surface area contributed by atoms with Crippen molar-refractivity contribution in [2.24, 2.45) is 9.98 Å². The first kappa shape index (κ1) is 27.5. The molecule has 0 aliphatic rings. The molecule has 0 aliphatic carbocycles. The predicted molar refractivity (Wildman–Crippen MR) is 134 cm³/mol. The second-order valence-corrected chi connectivity index (χ2v) is 8.22. The van der Waals surface area contributed by atoms with E-state index in [0.29, 0.717) is 0 Å². The molecule has 0 heterocycles. The van der Waals surface area contributed by atoms with Crippen LogP contribution in [0, 0.1) is 0 Å². The summed E-state index contributed by atoms with van der Waals surface area (Å²) in [4.78, 5) is 9.72. The Morgan fingerprint density at radius 1 is 0.710 bits per heavy atom. The number of hydrogen-bond acceptors (Lipinski definition) is 2. The normalized spacial score (nSPS) is 11.6. The van der Waals surface area contributed by atoms with Crippen LogP contribution in [0.15, 0.2) is 58.5 Å². The topological polar surface area (TPSA) is 24.7 Å². The van der Waals surface area contributed by atoms with Crippen LogP contribution in [0.1, 0.15) is 89.7 Å². The largest absolute Gasteiger partial charge is 0.255 e. The van der Waals surface area contributed by atoms with Crippen LogP contribution in [0.5, 0.6) is 0 Å². The summed E-state index contributed by atoms with van der Waals surface area (Å²) in [5.74, 6) is 0. The van der Waals surface area contributed by atoms with Crippen LogP contribution < -0.4 is 0 Å². The summed E-state index contributed by atoms with van der Waals surface area (Å²) in [6.45, 7) is 6.76. The average Bonchev–Trinajstić information content (AvgIpc) is 2.77. The molecular weight excluding hydrogens is 471 g/mol. The van der Waals surface area contributed by atoms with Gasteiger partial charge in [0, 0.05) is 26.6 Å². The molecule has 2 aromatic carbocycles. The summed E-state index contributed by atoms with van der Waals surface area (Å²) >= 11 is 0. The summed E-state index contributed by atoms with van der Waals surface area (Å²) in [6, 6.07) is 17.1. The summed E-state index contributed by atoms with van der Waals surface area (Å²) in [5, 5.41) is 0. The molecule has 31 heavy (non-hydrogen) atoms. The van der Waals surface area contributed by atoms with Gasteiger partial charge in [0.1, 0.15) is 0 Å². The second-order valence-electron chi connectivity index (χ2n) is 8.22. The van der Waals surface area contributed by atoms with E-state index in [9.17, 15) is 0 Å². The van der Waals surface area contributed by atoms with Gasteiger partial charge in [-0.25, -0.2) is 0 Å². The standard InChI is InChI=1S/C28H40N2.Pd/c1-4-7-11-15-24-20-25(16-12-8-5-2)22-28(21-24)30-27(17-9-6-3)23-29-26-18-13-10-14-19-26;/h10,13-14,18-23H,4-9,11-12,15-17H2,1-3H3;. The van der Waals surface area contributed by atoms with Crippen molar-refractivity contribution in [3.05, 3.63) is 59.7 Å². The van der Waals surface area contributed by atoms with Crippen molar-refractivity contribution < 1.29 is 20.4 Å². The van der Waals surface area contributed by atoms with E-state index in [1.54, 1.807) is 0 Å². The number of nitrogens with zero attached hydrogens (tertiary/aromatic N) is 2. The molecule has 0 N–H and O–H groups in total. The summed E-state index contributed by atoms with van der Waals surface area (Å²) in [6.07, 6.45) is 15.2. The summed E-state index contributed by atoms with van der Waals surface area (Å²) < 4.78 is 0. The zero-order chi connectivity index (χ0) is 21.4. The average molecular weight is 511 g/mol. The number of unbranched alkanes of at least 4 members (excludes halogenated alkanes) is 5.